The zero-order valence-electron chi connectivity index (χ0n) is 15.0. The summed E-state index contributed by atoms with van der Waals surface area (Å²) in [6.07, 6.45) is 2.42. The second-order valence-corrected chi connectivity index (χ2v) is 7.35. The number of nitrogens with zero attached hydrogens (tertiary/aromatic N) is 3. The van der Waals surface area contributed by atoms with Crippen LogP contribution in [0.15, 0.2) is 60.8 Å². The van der Waals surface area contributed by atoms with Crippen LogP contribution in [0, 0.1) is 11.3 Å². The van der Waals surface area contributed by atoms with Crippen LogP contribution in [0.2, 0.25) is 10.0 Å². The molecule has 0 spiro atoms. The molecule has 0 N–H and O–H groups in total. The Labute approximate surface area is 173 Å². The summed E-state index contributed by atoms with van der Waals surface area (Å²) in [5.41, 5.74) is 3.16. The number of hydrogen-bond donors (Lipinski definition) is 0. The summed E-state index contributed by atoms with van der Waals surface area (Å²) in [5.74, 6) is 0.439. The van der Waals surface area contributed by atoms with E-state index >= 15 is 0 Å². The lowest BCUT2D eigenvalue weighted by Crippen LogP contribution is -2.25. The number of nitriles is 1. The van der Waals surface area contributed by atoms with Crippen molar-refractivity contribution in [2.75, 3.05) is 18.0 Å². The van der Waals surface area contributed by atoms with Crippen LogP contribution in [0.4, 0.5) is 5.69 Å². The topological polar surface area (TPSA) is 49.2 Å². The molecule has 3 aromatic rings. The molecule has 140 valence electrons. The van der Waals surface area contributed by atoms with Gasteiger partial charge in [0.15, 0.2) is 0 Å². The first-order valence-electron chi connectivity index (χ1n) is 8.97. The molecular weight excluding hydrogens is 393 g/mol. The minimum Gasteiger partial charge on any atom is -0.471 e. The maximum absolute atomic E-state index is 9.75. The molecule has 4 rings (SSSR count). The molecule has 0 radical (unpaired) electrons. The van der Waals surface area contributed by atoms with Crippen molar-refractivity contribution in [2.24, 2.45) is 0 Å². The highest BCUT2D eigenvalue weighted by atomic mass is 35.5. The summed E-state index contributed by atoms with van der Waals surface area (Å²) < 4.78 is 5.95. The highest BCUT2D eigenvalue weighted by Gasteiger charge is 2.28. The van der Waals surface area contributed by atoms with Crippen molar-refractivity contribution in [3.8, 4) is 23.1 Å². The van der Waals surface area contributed by atoms with Gasteiger partial charge in [-0.2, -0.15) is 5.26 Å². The van der Waals surface area contributed by atoms with E-state index in [2.05, 4.69) is 16.0 Å². The van der Waals surface area contributed by atoms with Crippen LogP contribution in [0.25, 0.3) is 11.1 Å². The molecule has 0 aliphatic carbocycles. The lowest BCUT2D eigenvalue weighted by Gasteiger charge is -2.22. The van der Waals surface area contributed by atoms with Gasteiger partial charge in [-0.15, -0.1) is 0 Å². The first-order chi connectivity index (χ1) is 13.7. The van der Waals surface area contributed by atoms with E-state index in [0.29, 0.717) is 28.0 Å². The zero-order chi connectivity index (χ0) is 19.5. The van der Waals surface area contributed by atoms with Crippen LogP contribution in [-0.2, 0) is 0 Å². The van der Waals surface area contributed by atoms with E-state index in [4.69, 9.17) is 27.9 Å². The molecular formula is C22H17Cl2N3O. The van der Waals surface area contributed by atoms with Crippen LogP contribution in [-0.4, -0.2) is 24.2 Å². The Kier molecular flexibility index (Phi) is 5.38. The van der Waals surface area contributed by atoms with Gasteiger partial charge in [-0.3, -0.25) is 0 Å². The molecule has 0 bridgehead atoms. The summed E-state index contributed by atoms with van der Waals surface area (Å²) in [6, 6.07) is 19.6. The summed E-state index contributed by atoms with van der Waals surface area (Å²) in [6.45, 7) is 1.41. The second-order valence-electron chi connectivity index (χ2n) is 6.56. The van der Waals surface area contributed by atoms with Gasteiger partial charge in [-0.05, 0) is 23.8 Å². The Morgan fingerprint density at radius 3 is 2.64 bits per heavy atom. The second kappa shape index (κ2) is 8.10. The summed E-state index contributed by atoms with van der Waals surface area (Å²) in [7, 11) is 0. The van der Waals surface area contributed by atoms with Crippen LogP contribution < -0.4 is 9.64 Å². The van der Waals surface area contributed by atoms with Gasteiger partial charge in [0.25, 0.3) is 0 Å². The normalized spacial score (nSPS) is 16.0. The van der Waals surface area contributed by atoms with Crippen LogP contribution in [0.5, 0.6) is 5.88 Å². The van der Waals surface area contributed by atoms with Crippen molar-refractivity contribution >= 4 is 28.9 Å². The van der Waals surface area contributed by atoms with Gasteiger partial charge in [0.05, 0.1) is 22.8 Å². The first kappa shape index (κ1) is 18.6. The molecule has 1 fully saturated rings. The van der Waals surface area contributed by atoms with Crippen molar-refractivity contribution < 1.29 is 4.74 Å². The van der Waals surface area contributed by atoms with Gasteiger partial charge in [0.2, 0.25) is 5.88 Å². The van der Waals surface area contributed by atoms with Crippen LogP contribution in [0.3, 0.4) is 0 Å². The van der Waals surface area contributed by atoms with Crippen molar-refractivity contribution in [1.29, 1.82) is 5.26 Å². The standard InChI is InChI=1S/C22H17Cl2N3O/c23-19-7-4-11-26-22(19)28-16-10-12-27(14-16)20-9-8-17(21(24)18(20)13-25)15-5-2-1-3-6-15/h1-9,11,16H,10,12,14H2. The number of benzene rings is 2. The third kappa shape index (κ3) is 3.64. The summed E-state index contributed by atoms with van der Waals surface area (Å²) >= 11 is 12.7. The molecule has 1 unspecified atom stereocenters. The van der Waals surface area contributed by atoms with E-state index in [0.717, 1.165) is 29.8 Å². The van der Waals surface area contributed by atoms with E-state index in [1.807, 2.05) is 42.5 Å². The molecule has 6 heteroatoms. The van der Waals surface area contributed by atoms with E-state index in [-0.39, 0.29) is 6.10 Å². The lowest BCUT2D eigenvalue weighted by atomic mass is 10.0. The molecule has 28 heavy (non-hydrogen) atoms. The largest absolute Gasteiger partial charge is 0.471 e. The third-order valence-corrected chi connectivity index (χ3v) is 5.49. The van der Waals surface area contributed by atoms with Crippen molar-refractivity contribution in [1.82, 2.24) is 4.98 Å². The Balaban J connectivity index is 1.58. The molecule has 0 amide bonds. The van der Waals surface area contributed by atoms with Gasteiger partial charge >= 0.3 is 0 Å². The van der Waals surface area contributed by atoms with Gasteiger partial charge in [0, 0.05) is 24.7 Å². The number of rotatable bonds is 4. The molecule has 0 saturated carbocycles. The van der Waals surface area contributed by atoms with Gasteiger partial charge in [0.1, 0.15) is 17.2 Å². The Morgan fingerprint density at radius 2 is 1.89 bits per heavy atom. The van der Waals surface area contributed by atoms with Crippen LogP contribution in [0.1, 0.15) is 12.0 Å². The SMILES string of the molecule is N#Cc1c(N2CCC(Oc3ncccc3Cl)C2)ccc(-c2ccccc2)c1Cl. The number of anilines is 1. The molecule has 2 heterocycles. The number of ether oxygens (including phenoxy) is 1. The van der Waals surface area contributed by atoms with E-state index in [9.17, 15) is 5.26 Å². The predicted molar refractivity (Wildman–Crippen MR) is 112 cm³/mol. The number of hydrogen-bond acceptors (Lipinski definition) is 4. The monoisotopic (exact) mass is 409 g/mol. The lowest BCUT2D eigenvalue weighted by molar-refractivity contribution is 0.216. The van der Waals surface area contributed by atoms with Gasteiger partial charge in [-0.25, -0.2) is 4.98 Å². The molecule has 4 nitrogen and oxygen atoms in total. The van der Waals surface area contributed by atoms with Gasteiger partial charge in [-0.1, -0.05) is 59.6 Å². The predicted octanol–water partition coefficient (Wildman–Crippen LogP) is 5.58. The molecule has 1 saturated heterocycles. The fraction of sp³-hybridized carbons (Fsp3) is 0.182. The number of pyridine rings is 1. The maximum Gasteiger partial charge on any atom is 0.232 e. The summed E-state index contributed by atoms with van der Waals surface area (Å²) in [5, 5.41) is 10.7. The molecule has 1 aliphatic rings. The minimum atomic E-state index is -0.0495. The maximum atomic E-state index is 9.75. The molecule has 1 aliphatic heterocycles. The van der Waals surface area contributed by atoms with Crippen molar-refractivity contribution in [3.05, 3.63) is 76.4 Å². The highest BCUT2D eigenvalue weighted by molar-refractivity contribution is 6.35. The first-order valence-corrected chi connectivity index (χ1v) is 9.73. The molecule has 1 aromatic heterocycles. The van der Waals surface area contributed by atoms with E-state index < -0.39 is 0 Å². The van der Waals surface area contributed by atoms with Crippen molar-refractivity contribution in [2.45, 2.75) is 12.5 Å². The average molecular weight is 410 g/mol. The summed E-state index contributed by atoms with van der Waals surface area (Å²) in [4.78, 5) is 6.31. The quantitative estimate of drug-likeness (QED) is 0.563. The van der Waals surface area contributed by atoms with Crippen molar-refractivity contribution in [3.63, 3.8) is 0 Å². The molecule has 2 aromatic carbocycles. The van der Waals surface area contributed by atoms with E-state index in [1.165, 1.54) is 0 Å². The van der Waals surface area contributed by atoms with Gasteiger partial charge < -0.3 is 9.64 Å². The smallest absolute Gasteiger partial charge is 0.232 e. The Morgan fingerprint density at radius 1 is 1.07 bits per heavy atom. The number of aromatic nitrogens is 1. The Hall–Kier alpha value is -2.74. The molecule has 1 atom stereocenters. The third-order valence-electron chi connectivity index (χ3n) is 4.81. The number of halogens is 2. The minimum absolute atomic E-state index is 0.0495. The van der Waals surface area contributed by atoms with Crippen LogP contribution >= 0.6 is 23.2 Å². The van der Waals surface area contributed by atoms with E-state index in [1.54, 1.807) is 18.3 Å². The zero-order valence-corrected chi connectivity index (χ0v) is 16.5. The Bertz CT molecular complexity index is 1030. The fourth-order valence-electron chi connectivity index (χ4n) is 3.44. The average Bonchev–Trinajstić information content (AvgIpc) is 3.18. The highest BCUT2D eigenvalue weighted by Crippen LogP contribution is 2.37. The fourth-order valence-corrected chi connectivity index (χ4v) is 3.91.